The number of aromatic nitrogens is 3. The summed E-state index contributed by atoms with van der Waals surface area (Å²) in [5.74, 6) is 0.673. The molecule has 0 saturated carbocycles. The molecule has 1 N–H and O–H groups in total. The number of fused-ring (bicyclic) bond motifs is 3. The van der Waals surface area contributed by atoms with Crippen molar-refractivity contribution < 1.29 is 19.0 Å². The lowest BCUT2D eigenvalue weighted by Crippen LogP contribution is -2.60. The van der Waals surface area contributed by atoms with E-state index in [0.29, 0.717) is 44.2 Å². The number of amides is 1. The largest absolute Gasteiger partial charge is 0.493 e. The van der Waals surface area contributed by atoms with Gasteiger partial charge in [-0.1, -0.05) is 35.5 Å². The number of rotatable bonds is 4. The van der Waals surface area contributed by atoms with Crippen LogP contribution in [0, 0.1) is 0 Å². The summed E-state index contributed by atoms with van der Waals surface area (Å²) in [5, 5.41) is 5.38. The number of methoxy groups -OCH3 is 2. The van der Waals surface area contributed by atoms with E-state index in [4.69, 9.17) is 21.1 Å². The second kappa shape index (κ2) is 8.24. The molecule has 0 spiro atoms. The van der Waals surface area contributed by atoms with Crippen LogP contribution >= 0.6 is 23.4 Å². The predicted octanol–water partition coefficient (Wildman–Crippen LogP) is 3.03. The van der Waals surface area contributed by atoms with Gasteiger partial charge in [0.2, 0.25) is 11.1 Å². The Morgan fingerprint density at radius 3 is 2.55 bits per heavy atom. The summed E-state index contributed by atoms with van der Waals surface area (Å²) in [6.45, 7) is 1.46. The minimum atomic E-state index is -0.803. The zero-order chi connectivity index (χ0) is 22.3. The molecule has 1 aliphatic rings. The fraction of sp³-hybridized carbons (Fsp3) is 0.238. The Morgan fingerprint density at radius 1 is 1.23 bits per heavy atom. The molecule has 1 amide bonds. The highest BCUT2D eigenvalue weighted by molar-refractivity contribution is 7.98. The first-order chi connectivity index (χ1) is 14.9. The maximum absolute atomic E-state index is 13.1. The molecular formula is C21H20ClN4O4S+. The van der Waals surface area contributed by atoms with Crippen molar-refractivity contribution in [2.24, 2.45) is 0 Å². The molecule has 10 heteroatoms. The molecule has 1 atom stereocenters. The SMILES string of the molecule is COc1cc(Cl)c(C2N(C(C)=O)c3ccccc3-c3c(=O)[nH]c(SC)n[n+]32)cc1OC. The Morgan fingerprint density at radius 2 is 1.90 bits per heavy atom. The van der Waals surface area contributed by atoms with Gasteiger partial charge in [0.1, 0.15) is 0 Å². The van der Waals surface area contributed by atoms with Crippen molar-refractivity contribution in [3.8, 4) is 22.8 Å². The number of thioether (sulfide) groups is 1. The maximum Gasteiger partial charge on any atom is 0.325 e. The van der Waals surface area contributed by atoms with Crippen molar-refractivity contribution in [1.29, 1.82) is 0 Å². The molecule has 1 unspecified atom stereocenters. The number of hydrogen-bond donors (Lipinski definition) is 1. The van der Waals surface area contributed by atoms with Crippen LogP contribution in [0.15, 0.2) is 46.3 Å². The lowest BCUT2D eigenvalue weighted by molar-refractivity contribution is -0.763. The van der Waals surface area contributed by atoms with Crippen LogP contribution in [0.2, 0.25) is 5.02 Å². The molecule has 8 nitrogen and oxygen atoms in total. The van der Waals surface area contributed by atoms with Crippen LogP contribution in [0.4, 0.5) is 5.69 Å². The van der Waals surface area contributed by atoms with Crippen LogP contribution in [0.3, 0.4) is 0 Å². The highest BCUT2D eigenvalue weighted by Gasteiger charge is 2.46. The van der Waals surface area contributed by atoms with Crippen molar-refractivity contribution in [2.75, 3.05) is 25.4 Å². The van der Waals surface area contributed by atoms with E-state index in [-0.39, 0.29) is 11.5 Å². The normalized spacial score (nSPS) is 14.6. The fourth-order valence-corrected chi connectivity index (χ4v) is 4.37. The maximum atomic E-state index is 13.1. The summed E-state index contributed by atoms with van der Waals surface area (Å²) in [7, 11) is 3.03. The third-order valence-corrected chi connectivity index (χ3v) is 5.97. The third kappa shape index (κ3) is 3.43. The first-order valence-electron chi connectivity index (χ1n) is 9.32. The second-order valence-corrected chi connectivity index (χ2v) is 7.97. The molecule has 3 aromatic rings. The van der Waals surface area contributed by atoms with Gasteiger partial charge in [-0.2, -0.15) is 0 Å². The number of ether oxygens (including phenoxy) is 2. The quantitative estimate of drug-likeness (QED) is 0.476. The Hall–Kier alpha value is -3.04. The highest BCUT2D eigenvalue weighted by Crippen LogP contribution is 2.42. The van der Waals surface area contributed by atoms with Gasteiger partial charge in [-0.05, 0) is 29.1 Å². The third-order valence-electron chi connectivity index (χ3n) is 5.07. The van der Waals surface area contributed by atoms with E-state index in [1.54, 1.807) is 33.8 Å². The number of nitrogens with zero attached hydrogens (tertiary/aromatic N) is 3. The van der Waals surface area contributed by atoms with E-state index in [2.05, 4.69) is 10.1 Å². The number of aromatic amines is 1. The van der Waals surface area contributed by atoms with E-state index in [9.17, 15) is 9.59 Å². The van der Waals surface area contributed by atoms with E-state index in [1.807, 2.05) is 18.4 Å². The number of para-hydroxylation sites is 1. The monoisotopic (exact) mass is 459 g/mol. The number of carbonyl (C=O) groups is 1. The Balaban J connectivity index is 2.10. The summed E-state index contributed by atoms with van der Waals surface area (Å²) in [6.07, 6.45) is 1.01. The van der Waals surface area contributed by atoms with Crippen molar-refractivity contribution in [2.45, 2.75) is 18.2 Å². The summed E-state index contributed by atoms with van der Waals surface area (Å²) in [4.78, 5) is 30.3. The van der Waals surface area contributed by atoms with Gasteiger partial charge in [0.25, 0.3) is 6.17 Å². The minimum absolute atomic E-state index is 0.228. The average molecular weight is 460 g/mol. The number of nitrogens with one attached hydrogen (secondary N) is 1. The summed E-state index contributed by atoms with van der Waals surface area (Å²) >= 11 is 7.93. The molecule has 0 saturated heterocycles. The molecule has 0 radical (unpaired) electrons. The molecule has 0 aliphatic carbocycles. The predicted molar refractivity (Wildman–Crippen MR) is 118 cm³/mol. The molecule has 4 rings (SSSR count). The van der Waals surface area contributed by atoms with Crippen molar-refractivity contribution in [3.63, 3.8) is 0 Å². The zero-order valence-electron chi connectivity index (χ0n) is 17.3. The molecule has 0 bridgehead atoms. The Kier molecular flexibility index (Phi) is 5.63. The lowest BCUT2D eigenvalue weighted by atomic mass is 10.0. The van der Waals surface area contributed by atoms with Crippen LogP contribution in [-0.2, 0) is 4.79 Å². The molecule has 2 aromatic carbocycles. The number of anilines is 1. The molecule has 1 aromatic heterocycles. The van der Waals surface area contributed by atoms with Gasteiger partial charge in [-0.3, -0.25) is 14.6 Å². The van der Waals surface area contributed by atoms with Crippen LogP contribution in [-0.4, -0.2) is 36.5 Å². The summed E-state index contributed by atoms with van der Waals surface area (Å²) in [5.41, 5.74) is 1.76. The summed E-state index contributed by atoms with van der Waals surface area (Å²) < 4.78 is 12.3. The molecule has 0 fully saturated rings. The number of H-pyrrole nitrogens is 1. The first kappa shape index (κ1) is 21.2. The molecule has 31 heavy (non-hydrogen) atoms. The number of halogens is 1. The Labute approximate surface area is 187 Å². The Bertz CT molecular complexity index is 1250. The van der Waals surface area contributed by atoms with Gasteiger partial charge < -0.3 is 9.47 Å². The van der Waals surface area contributed by atoms with Gasteiger partial charge in [0.15, 0.2) is 11.5 Å². The summed E-state index contributed by atoms with van der Waals surface area (Å²) in [6, 6.07) is 10.5. The lowest BCUT2D eigenvalue weighted by Gasteiger charge is -2.31. The van der Waals surface area contributed by atoms with Crippen LogP contribution in [0.1, 0.15) is 18.7 Å². The smallest absolute Gasteiger partial charge is 0.325 e. The topological polar surface area (TPSA) is 88.4 Å². The number of carbonyl (C=O) groups excluding carboxylic acids is 1. The standard InChI is InChI=1S/C21H19ClN4O4S/c1-11(27)25-15-8-6-5-7-12(15)18-19(28)23-21(31-4)24-26(18)20(25)13-9-16(29-2)17(30-3)10-14(13)22/h5-10,20H,1-4H3/p+1. The number of benzene rings is 2. The van der Waals surface area contributed by atoms with Crippen molar-refractivity contribution in [1.82, 2.24) is 10.1 Å². The zero-order valence-corrected chi connectivity index (χ0v) is 18.9. The molecule has 1 aliphatic heterocycles. The van der Waals surface area contributed by atoms with Crippen LogP contribution < -0.4 is 24.6 Å². The van der Waals surface area contributed by atoms with Gasteiger partial charge in [-0.25, -0.2) is 4.90 Å². The van der Waals surface area contributed by atoms with E-state index in [0.717, 1.165) is 0 Å². The van der Waals surface area contributed by atoms with E-state index in [1.165, 1.54) is 32.9 Å². The van der Waals surface area contributed by atoms with Gasteiger partial charge in [0.05, 0.1) is 36.1 Å². The second-order valence-electron chi connectivity index (χ2n) is 6.77. The number of hydrogen-bond acceptors (Lipinski definition) is 6. The molecule has 160 valence electrons. The van der Waals surface area contributed by atoms with E-state index >= 15 is 0 Å². The van der Waals surface area contributed by atoms with Crippen LogP contribution in [0.5, 0.6) is 11.5 Å². The highest BCUT2D eigenvalue weighted by atomic mass is 35.5. The van der Waals surface area contributed by atoms with Gasteiger partial charge in [0, 0.05) is 18.1 Å². The molecular weight excluding hydrogens is 440 g/mol. The van der Waals surface area contributed by atoms with Crippen molar-refractivity contribution in [3.05, 3.63) is 57.3 Å². The van der Waals surface area contributed by atoms with E-state index < -0.39 is 6.17 Å². The van der Waals surface area contributed by atoms with Gasteiger partial charge in [-0.15, -0.1) is 0 Å². The fourth-order valence-electron chi connectivity index (χ4n) is 3.75. The first-order valence-corrected chi connectivity index (χ1v) is 10.9. The van der Waals surface area contributed by atoms with Gasteiger partial charge >= 0.3 is 11.3 Å². The minimum Gasteiger partial charge on any atom is -0.493 e. The van der Waals surface area contributed by atoms with Crippen molar-refractivity contribution >= 4 is 35.0 Å². The average Bonchev–Trinajstić information content (AvgIpc) is 2.77. The van der Waals surface area contributed by atoms with Crippen LogP contribution in [0.25, 0.3) is 11.3 Å². The molecule has 2 heterocycles.